The molecule has 5 nitrogen and oxygen atoms in total. The normalized spacial score (nSPS) is 10.8. The Morgan fingerprint density at radius 2 is 1.86 bits per heavy atom. The maximum absolute atomic E-state index is 13.2. The van der Waals surface area contributed by atoms with Crippen LogP contribution < -0.4 is 10.9 Å². The maximum Gasteiger partial charge on any atom is 0.265 e. The summed E-state index contributed by atoms with van der Waals surface area (Å²) in [6, 6.07) is 20.4. The van der Waals surface area contributed by atoms with E-state index in [4.69, 9.17) is 0 Å². The molecule has 0 aliphatic carbocycles. The molecule has 0 aliphatic rings. The van der Waals surface area contributed by atoms with E-state index >= 15 is 0 Å². The van der Waals surface area contributed by atoms with E-state index in [0.29, 0.717) is 17.9 Å². The molecule has 4 rings (SSSR count). The van der Waals surface area contributed by atoms with Crippen molar-refractivity contribution in [2.75, 3.05) is 5.32 Å². The van der Waals surface area contributed by atoms with Gasteiger partial charge in [0.2, 0.25) is 0 Å². The zero-order valence-electron chi connectivity index (χ0n) is 15.7. The van der Waals surface area contributed by atoms with Crippen molar-refractivity contribution in [2.45, 2.75) is 13.5 Å². The zero-order chi connectivity index (χ0) is 20.4. The highest BCUT2D eigenvalue weighted by Gasteiger charge is 2.17. The molecule has 0 saturated carbocycles. The van der Waals surface area contributed by atoms with Gasteiger partial charge in [-0.05, 0) is 54.4 Å². The van der Waals surface area contributed by atoms with E-state index in [-0.39, 0.29) is 11.1 Å². The molecule has 2 aromatic heterocycles. The minimum absolute atomic E-state index is 0.0852. The minimum Gasteiger partial charge on any atom is -0.322 e. The van der Waals surface area contributed by atoms with Crippen LogP contribution in [-0.4, -0.2) is 15.5 Å². The molecule has 0 spiro atoms. The first-order chi connectivity index (χ1) is 14.0. The number of amides is 1. The number of fused-ring (bicyclic) bond motifs is 1. The number of nitrogens with one attached hydrogen (secondary N) is 1. The second-order valence-corrected chi connectivity index (χ2v) is 7.62. The molecule has 0 radical (unpaired) electrons. The lowest BCUT2D eigenvalue weighted by Crippen LogP contribution is -2.30. The van der Waals surface area contributed by atoms with Gasteiger partial charge in [0.15, 0.2) is 0 Å². The summed E-state index contributed by atoms with van der Waals surface area (Å²) in [5, 5.41) is 3.57. The molecule has 6 heteroatoms. The van der Waals surface area contributed by atoms with Crippen LogP contribution in [-0.2, 0) is 6.54 Å². The third-order valence-electron chi connectivity index (χ3n) is 4.69. The molecule has 0 unspecified atom stereocenters. The fourth-order valence-corrected chi connectivity index (χ4v) is 3.45. The van der Waals surface area contributed by atoms with E-state index in [1.54, 1.807) is 29.0 Å². The number of hydrogen-bond donors (Lipinski definition) is 1. The highest BCUT2D eigenvalue weighted by molar-refractivity contribution is 9.10. The van der Waals surface area contributed by atoms with Crippen molar-refractivity contribution < 1.29 is 4.79 Å². The molecule has 0 bridgehead atoms. The van der Waals surface area contributed by atoms with Crippen molar-refractivity contribution >= 4 is 38.6 Å². The summed E-state index contributed by atoms with van der Waals surface area (Å²) in [5.41, 5.74) is 2.86. The van der Waals surface area contributed by atoms with Gasteiger partial charge in [-0.2, -0.15) is 0 Å². The van der Waals surface area contributed by atoms with Gasteiger partial charge in [0, 0.05) is 21.7 Å². The van der Waals surface area contributed by atoms with Gasteiger partial charge in [-0.1, -0.05) is 46.3 Å². The molecule has 1 amide bonds. The summed E-state index contributed by atoms with van der Waals surface area (Å²) in [4.78, 5) is 30.5. The summed E-state index contributed by atoms with van der Waals surface area (Å²) in [5.74, 6) is -0.440. The smallest absolute Gasteiger partial charge is 0.265 e. The lowest BCUT2D eigenvalue weighted by Gasteiger charge is -2.13. The van der Waals surface area contributed by atoms with Gasteiger partial charge < -0.3 is 5.32 Å². The van der Waals surface area contributed by atoms with Crippen molar-refractivity contribution in [2.24, 2.45) is 0 Å². The molecule has 1 N–H and O–H groups in total. The van der Waals surface area contributed by atoms with Gasteiger partial charge in [0.1, 0.15) is 11.2 Å². The summed E-state index contributed by atoms with van der Waals surface area (Å²) < 4.78 is 2.50. The molecule has 0 fully saturated rings. The van der Waals surface area contributed by atoms with E-state index in [1.807, 2.05) is 55.5 Å². The number of rotatable bonds is 4. The average Bonchev–Trinajstić information content (AvgIpc) is 2.73. The second kappa shape index (κ2) is 8.01. The molecular weight excluding hydrogens is 430 g/mol. The summed E-state index contributed by atoms with van der Waals surface area (Å²) >= 11 is 3.45. The number of aryl methyl sites for hydroxylation is 1. The van der Waals surface area contributed by atoms with Crippen molar-refractivity contribution in [3.63, 3.8) is 0 Å². The van der Waals surface area contributed by atoms with E-state index in [2.05, 4.69) is 26.2 Å². The third kappa shape index (κ3) is 3.98. The van der Waals surface area contributed by atoms with Crippen LogP contribution >= 0.6 is 15.9 Å². The highest BCUT2D eigenvalue weighted by atomic mass is 79.9. The van der Waals surface area contributed by atoms with Crippen molar-refractivity contribution in [1.29, 1.82) is 0 Å². The molecule has 4 aromatic rings. The Bertz CT molecular complexity index is 1270. The summed E-state index contributed by atoms with van der Waals surface area (Å²) in [6.07, 6.45) is 1.65. The maximum atomic E-state index is 13.2. The Hall–Kier alpha value is -3.25. The Kier molecular flexibility index (Phi) is 5.27. The van der Waals surface area contributed by atoms with E-state index < -0.39 is 5.91 Å². The van der Waals surface area contributed by atoms with Gasteiger partial charge in [0.25, 0.3) is 11.5 Å². The quantitative estimate of drug-likeness (QED) is 0.489. The van der Waals surface area contributed by atoms with Crippen LogP contribution in [0.15, 0.2) is 82.2 Å². The fraction of sp³-hybridized carbons (Fsp3) is 0.0870. The average molecular weight is 448 g/mol. The van der Waals surface area contributed by atoms with Gasteiger partial charge in [-0.3, -0.25) is 14.2 Å². The lowest BCUT2D eigenvalue weighted by molar-refractivity contribution is 0.102. The van der Waals surface area contributed by atoms with Crippen molar-refractivity contribution in [3.05, 3.63) is 104 Å². The number of pyridine rings is 2. The van der Waals surface area contributed by atoms with Crippen LogP contribution in [0.3, 0.4) is 0 Å². The molecule has 2 heterocycles. The topological polar surface area (TPSA) is 64.0 Å². The molecule has 2 aromatic carbocycles. The summed E-state index contributed by atoms with van der Waals surface area (Å²) in [6.45, 7) is 2.28. The van der Waals surface area contributed by atoms with Gasteiger partial charge in [-0.25, -0.2) is 4.98 Å². The predicted octanol–water partition coefficient (Wildman–Crippen LogP) is 4.77. The number of carbonyl (C=O) groups excluding carboxylic acids is 1. The van der Waals surface area contributed by atoms with Crippen LogP contribution in [0.2, 0.25) is 0 Å². The number of hydrogen-bond acceptors (Lipinski definition) is 3. The monoisotopic (exact) mass is 447 g/mol. The van der Waals surface area contributed by atoms with E-state index in [0.717, 1.165) is 21.0 Å². The SMILES string of the molecule is Cc1cc(NC(=O)c2cc3cccnc3n(Cc3ccccc3)c2=O)ccc1Br. The van der Waals surface area contributed by atoms with Crippen LogP contribution in [0.5, 0.6) is 0 Å². The molecular formula is C23H18BrN3O2. The minimum atomic E-state index is -0.440. The Labute approximate surface area is 176 Å². The Morgan fingerprint density at radius 3 is 2.62 bits per heavy atom. The zero-order valence-corrected chi connectivity index (χ0v) is 17.3. The molecule has 29 heavy (non-hydrogen) atoms. The third-order valence-corrected chi connectivity index (χ3v) is 5.58. The highest BCUT2D eigenvalue weighted by Crippen LogP contribution is 2.21. The first-order valence-corrected chi connectivity index (χ1v) is 9.92. The largest absolute Gasteiger partial charge is 0.322 e. The summed E-state index contributed by atoms with van der Waals surface area (Å²) in [7, 11) is 0. The molecule has 0 aliphatic heterocycles. The van der Waals surface area contributed by atoms with Gasteiger partial charge >= 0.3 is 0 Å². The Balaban J connectivity index is 1.78. The van der Waals surface area contributed by atoms with Crippen LogP contribution in [0, 0.1) is 6.92 Å². The first-order valence-electron chi connectivity index (χ1n) is 9.13. The van der Waals surface area contributed by atoms with Gasteiger partial charge in [-0.15, -0.1) is 0 Å². The number of carbonyl (C=O) groups is 1. The number of anilines is 1. The Morgan fingerprint density at radius 1 is 1.07 bits per heavy atom. The second-order valence-electron chi connectivity index (χ2n) is 6.77. The number of benzene rings is 2. The van der Waals surface area contributed by atoms with E-state index in [1.165, 1.54) is 0 Å². The standard InChI is InChI=1S/C23H18BrN3O2/c1-15-12-18(9-10-20(15)24)26-22(28)19-13-17-8-5-11-25-21(17)27(23(19)29)14-16-6-3-2-4-7-16/h2-13H,14H2,1H3,(H,26,28). The lowest BCUT2D eigenvalue weighted by atomic mass is 10.1. The van der Waals surface area contributed by atoms with Crippen LogP contribution in [0.4, 0.5) is 5.69 Å². The van der Waals surface area contributed by atoms with Gasteiger partial charge in [0.05, 0.1) is 6.54 Å². The molecule has 0 saturated heterocycles. The fourth-order valence-electron chi connectivity index (χ4n) is 3.20. The molecule has 0 atom stereocenters. The number of halogens is 1. The predicted molar refractivity (Wildman–Crippen MR) is 118 cm³/mol. The van der Waals surface area contributed by atoms with Crippen molar-refractivity contribution in [3.8, 4) is 0 Å². The van der Waals surface area contributed by atoms with E-state index in [9.17, 15) is 9.59 Å². The van der Waals surface area contributed by atoms with Crippen LogP contribution in [0.1, 0.15) is 21.5 Å². The number of aromatic nitrogens is 2. The molecule has 144 valence electrons. The van der Waals surface area contributed by atoms with Crippen molar-refractivity contribution in [1.82, 2.24) is 9.55 Å². The van der Waals surface area contributed by atoms with Crippen LogP contribution in [0.25, 0.3) is 11.0 Å². The first kappa shape index (κ1) is 19.1. The number of nitrogens with zero attached hydrogens (tertiary/aromatic N) is 2.